The molecule has 88 valence electrons. The Morgan fingerprint density at radius 2 is 2.29 bits per heavy atom. The molecule has 17 heavy (non-hydrogen) atoms. The van der Waals surface area contributed by atoms with E-state index in [1.54, 1.807) is 12.4 Å². The molecule has 0 aliphatic carbocycles. The van der Waals surface area contributed by atoms with Crippen LogP contribution in [-0.2, 0) is 6.42 Å². The highest BCUT2D eigenvalue weighted by molar-refractivity contribution is 7.17. The molecule has 0 bridgehead atoms. The van der Waals surface area contributed by atoms with Crippen molar-refractivity contribution < 1.29 is 4.79 Å². The van der Waals surface area contributed by atoms with Gasteiger partial charge in [-0.1, -0.05) is 17.4 Å². The first-order valence-electron chi connectivity index (χ1n) is 5.31. The molecule has 0 atom stereocenters. The summed E-state index contributed by atoms with van der Waals surface area (Å²) in [5, 5.41) is 0.864. The molecule has 2 heterocycles. The Kier molecular flexibility index (Phi) is 3.82. The Morgan fingerprint density at radius 3 is 2.94 bits per heavy atom. The smallest absolute Gasteiger partial charge is 0.185 e. The third-order valence-electron chi connectivity index (χ3n) is 2.38. The van der Waals surface area contributed by atoms with Gasteiger partial charge in [-0.3, -0.25) is 9.78 Å². The van der Waals surface area contributed by atoms with Gasteiger partial charge in [0.25, 0.3) is 0 Å². The number of likely N-dealkylation sites (N-methyl/N-ethyl adjacent to an activating group) is 1. The number of anilines is 1. The van der Waals surface area contributed by atoms with E-state index in [4.69, 9.17) is 0 Å². The Labute approximate surface area is 104 Å². The van der Waals surface area contributed by atoms with Crippen LogP contribution >= 0.6 is 11.3 Å². The molecule has 0 aliphatic rings. The first-order chi connectivity index (χ1) is 8.29. The van der Waals surface area contributed by atoms with Crippen molar-refractivity contribution in [2.24, 2.45) is 0 Å². The van der Waals surface area contributed by atoms with Gasteiger partial charge in [0.2, 0.25) is 0 Å². The third-order valence-corrected chi connectivity index (χ3v) is 3.42. The Hall–Kier alpha value is -1.75. The van der Waals surface area contributed by atoms with Crippen LogP contribution in [0.3, 0.4) is 0 Å². The standard InChI is InChI=1S/C12H13N3OS/c1-15(12-14-8-11(9-16)17-12)7-5-10-4-2-3-6-13-10/h2-4,6,8-9H,5,7H2,1H3. The van der Waals surface area contributed by atoms with Crippen LogP contribution in [0.1, 0.15) is 15.4 Å². The highest BCUT2D eigenvalue weighted by Gasteiger charge is 2.06. The number of carbonyl (C=O) groups excluding carboxylic acids is 1. The fraction of sp³-hybridized carbons (Fsp3) is 0.250. The SMILES string of the molecule is CN(CCc1ccccn1)c1ncc(C=O)s1. The monoisotopic (exact) mass is 247 g/mol. The summed E-state index contributed by atoms with van der Waals surface area (Å²) >= 11 is 1.40. The largest absolute Gasteiger partial charge is 0.351 e. The van der Waals surface area contributed by atoms with E-state index in [2.05, 4.69) is 9.97 Å². The number of thiazole rings is 1. The zero-order valence-corrected chi connectivity index (χ0v) is 10.4. The highest BCUT2D eigenvalue weighted by Crippen LogP contribution is 2.19. The van der Waals surface area contributed by atoms with Crippen molar-refractivity contribution in [3.63, 3.8) is 0 Å². The van der Waals surface area contributed by atoms with E-state index in [1.165, 1.54) is 11.3 Å². The van der Waals surface area contributed by atoms with E-state index in [9.17, 15) is 4.79 Å². The molecule has 0 amide bonds. The third kappa shape index (κ3) is 3.10. The maximum absolute atomic E-state index is 10.6. The lowest BCUT2D eigenvalue weighted by molar-refractivity contribution is 0.112. The van der Waals surface area contributed by atoms with Crippen molar-refractivity contribution in [2.75, 3.05) is 18.5 Å². The average molecular weight is 247 g/mol. The van der Waals surface area contributed by atoms with E-state index in [0.717, 1.165) is 30.1 Å². The molecule has 2 aromatic rings. The average Bonchev–Trinajstić information content (AvgIpc) is 2.86. The number of hydrogen-bond acceptors (Lipinski definition) is 5. The molecular weight excluding hydrogens is 234 g/mol. The number of nitrogens with zero attached hydrogens (tertiary/aromatic N) is 3. The number of carbonyl (C=O) groups is 1. The lowest BCUT2D eigenvalue weighted by Crippen LogP contribution is -2.20. The number of aldehydes is 1. The van der Waals surface area contributed by atoms with Crippen LogP contribution in [-0.4, -0.2) is 29.8 Å². The highest BCUT2D eigenvalue weighted by atomic mass is 32.1. The van der Waals surface area contributed by atoms with E-state index in [1.807, 2.05) is 30.1 Å². The predicted molar refractivity (Wildman–Crippen MR) is 68.7 cm³/mol. The molecule has 0 saturated carbocycles. The molecule has 2 aromatic heterocycles. The van der Waals surface area contributed by atoms with Gasteiger partial charge >= 0.3 is 0 Å². The van der Waals surface area contributed by atoms with E-state index < -0.39 is 0 Å². The van der Waals surface area contributed by atoms with Crippen molar-refractivity contribution in [3.05, 3.63) is 41.2 Å². The first kappa shape index (κ1) is 11.7. The topological polar surface area (TPSA) is 46.1 Å². The summed E-state index contributed by atoms with van der Waals surface area (Å²) in [5.74, 6) is 0. The quantitative estimate of drug-likeness (QED) is 0.758. The fourth-order valence-electron chi connectivity index (χ4n) is 1.43. The maximum Gasteiger partial charge on any atom is 0.185 e. The van der Waals surface area contributed by atoms with Crippen LogP contribution in [0.2, 0.25) is 0 Å². The zero-order valence-electron chi connectivity index (χ0n) is 9.54. The summed E-state index contributed by atoms with van der Waals surface area (Å²) in [7, 11) is 1.97. The van der Waals surface area contributed by atoms with Gasteiger partial charge in [0.1, 0.15) is 0 Å². The lowest BCUT2D eigenvalue weighted by Gasteiger charge is -2.14. The van der Waals surface area contributed by atoms with E-state index >= 15 is 0 Å². The van der Waals surface area contributed by atoms with Crippen LogP contribution in [0.4, 0.5) is 5.13 Å². The Balaban J connectivity index is 1.93. The molecule has 4 nitrogen and oxygen atoms in total. The number of rotatable bonds is 5. The molecule has 0 fully saturated rings. The van der Waals surface area contributed by atoms with Crippen LogP contribution in [0.5, 0.6) is 0 Å². The van der Waals surface area contributed by atoms with Crippen LogP contribution in [0, 0.1) is 0 Å². The zero-order chi connectivity index (χ0) is 12.1. The number of hydrogen-bond donors (Lipinski definition) is 0. The van der Waals surface area contributed by atoms with Crippen molar-refractivity contribution in [2.45, 2.75) is 6.42 Å². The van der Waals surface area contributed by atoms with Gasteiger partial charge in [-0.15, -0.1) is 0 Å². The summed E-state index contributed by atoms with van der Waals surface area (Å²) in [4.78, 5) is 21.7. The summed E-state index contributed by atoms with van der Waals surface area (Å²) < 4.78 is 0. The van der Waals surface area contributed by atoms with Gasteiger partial charge in [0.15, 0.2) is 11.4 Å². The van der Waals surface area contributed by atoms with Crippen molar-refractivity contribution >= 4 is 22.8 Å². The molecular formula is C12H13N3OS. The van der Waals surface area contributed by atoms with Gasteiger partial charge < -0.3 is 4.90 Å². The molecule has 0 spiro atoms. The summed E-state index contributed by atoms with van der Waals surface area (Å²) in [5.41, 5.74) is 1.06. The molecule has 0 N–H and O–H groups in total. The fourth-order valence-corrected chi connectivity index (χ4v) is 2.15. The Bertz CT molecular complexity index is 484. The van der Waals surface area contributed by atoms with Gasteiger partial charge in [-0.25, -0.2) is 4.98 Å². The molecule has 0 aliphatic heterocycles. The molecule has 5 heteroatoms. The number of aromatic nitrogens is 2. The molecule has 2 rings (SSSR count). The second-order valence-electron chi connectivity index (χ2n) is 3.66. The van der Waals surface area contributed by atoms with Gasteiger partial charge in [-0.2, -0.15) is 0 Å². The molecule has 0 aromatic carbocycles. The van der Waals surface area contributed by atoms with Crippen LogP contribution in [0.25, 0.3) is 0 Å². The maximum atomic E-state index is 10.6. The van der Waals surface area contributed by atoms with Gasteiger partial charge in [0.05, 0.1) is 11.1 Å². The summed E-state index contributed by atoms with van der Waals surface area (Å²) in [6, 6.07) is 5.90. The predicted octanol–water partition coefficient (Wildman–Crippen LogP) is 2.03. The molecule has 0 saturated heterocycles. The summed E-state index contributed by atoms with van der Waals surface area (Å²) in [6.07, 6.45) is 5.09. The normalized spacial score (nSPS) is 10.2. The second kappa shape index (κ2) is 5.54. The van der Waals surface area contributed by atoms with E-state index in [0.29, 0.717) is 4.88 Å². The summed E-state index contributed by atoms with van der Waals surface area (Å²) in [6.45, 7) is 0.836. The second-order valence-corrected chi connectivity index (χ2v) is 4.70. The first-order valence-corrected chi connectivity index (χ1v) is 6.13. The van der Waals surface area contributed by atoms with Crippen molar-refractivity contribution in [3.8, 4) is 0 Å². The molecule has 0 radical (unpaired) electrons. The van der Waals surface area contributed by atoms with Crippen molar-refractivity contribution in [1.82, 2.24) is 9.97 Å². The van der Waals surface area contributed by atoms with Crippen LogP contribution < -0.4 is 4.90 Å². The molecule has 0 unspecified atom stereocenters. The minimum absolute atomic E-state index is 0.657. The van der Waals surface area contributed by atoms with Crippen molar-refractivity contribution in [1.29, 1.82) is 0 Å². The number of pyridine rings is 1. The van der Waals surface area contributed by atoms with Gasteiger partial charge in [0, 0.05) is 31.9 Å². The minimum Gasteiger partial charge on any atom is -0.351 e. The lowest BCUT2D eigenvalue weighted by atomic mass is 10.2. The van der Waals surface area contributed by atoms with E-state index in [-0.39, 0.29) is 0 Å². The van der Waals surface area contributed by atoms with Gasteiger partial charge in [-0.05, 0) is 12.1 Å². The Morgan fingerprint density at radius 1 is 1.41 bits per heavy atom. The van der Waals surface area contributed by atoms with Crippen LogP contribution in [0.15, 0.2) is 30.6 Å². The minimum atomic E-state index is 0.657.